The molecule has 0 aromatic heterocycles. The van der Waals surface area contributed by atoms with Crippen LogP contribution in [0.15, 0.2) is 11.6 Å². The van der Waals surface area contributed by atoms with Crippen LogP contribution in [0.5, 0.6) is 0 Å². The lowest BCUT2D eigenvalue weighted by Gasteiger charge is -2.72. The van der Waals surface area contributed by atoms with Crippen LogP contribution >= 0.6 is 0 Å². The van der Waals surface area contributed by atoms with E-state index in [1.165, 1.54) is 12.5 Å². The first kappa shape index (κ1) is 52.4. The second kappa shape index (κ2) is 18.2. The van der Waals surface area contributed by atoms with Gasteiger partial charge < -0.3 is 89.7 Å². The van der Waals surface area contributed by atoms with Crippen LogP contribution in [-0.2, 0) is 38.0 Å². The van der Waals surface area contributed by atoms with Crippen molar-refractivity contribution in [2.45, 2.75) is 211 Å². The summed E-state index contributed by atoms with van der Waals surface area (Å²) in [6, 6.07) is 0. The highest BCUT2D eigenvalue weighted by Crippen LogP contribution is 2.76. The van der Waals surface area contributed by atoms with Crippen molar-refractivity contribution in [1.82, 2.24) is 0 Å². The highest BCUT2D eigenvalue weighted by atomic mass is 16.8. The Morgan fingerprint density at radius 1 is 0.662 bits per heavy atom. The molecule has 388 valence electrons. The van der Waals surface area contributed by atoms with Crippen LogP contribution in [0.4, 0.5) is 0 Å². The van der Waals surface area contributed by atoms with Crippen LogP contribution in [0.1, 0.15) is 106 Å². The molecule has 8 rings (SSSR count). The maximum Gasteiger partial charge on any atom is 0.335 e. The van der Waals surface area contributed by atoms with Crippen molar-refractivity contribution in [2.24, 2.45) is 50.2 Å². The minimum Gasteiger partial charge on any atom is -0.481 e. The Kier molecular flexibility index (Phi) is 14.0. The summed E-state index contributed by atoms with van der Waals surface area (Å²) in [7, 11) is 0. The molecule has 0 radical (unpaired) electrons. The van der Waals surface area contributed by atoms with Gasteiger partial charge in [0.2, 0.25) is 0 Å². The molecule has 5 aliphatic carbocycles. The highest BCUT2D eigenvalue weighted by molar-refractivity contribution is 5.74. The number of ether oxygens (including phenoxy) is 6. The van der Waals surface area contributed by atoms with Crippen molar-refractivity contribution in [1.29, 1.82) is 0 Å². The van der Waals surface area contributed by atoms with E-state index in [-0.39, 0.29) is 29.8 Å². The van der Waals surface area contributed by atoms with Crippen molar-refractivity contribution < 1.29 is 99.3 Å². The van der Waals surface area contributed by atoms with Crippen LogP contribution in [0.25, 0.3) is 0 Å². The molecule has 12 N–H and O–H groups in total. The van der Waals surface area contributed by atoms with Gasteiger partial charge in [0, 0.05) is 10.8 Å². The summed E-state index contributed by atoms with van der Waals surface area (Å²) in [5, 5.41) is 131. The summed E-state index contributed by atoms with van der Waals surface area (Å²) >= 11 is 0. The van der Waals surface area contributed by atoms with Gasteiger partial charge in [0.15, 0.2) is 25.0 Å². The van der Waals surface area contributed by atoms with E-state index in [0.29, 0.717) is 57.8 Å². The van der Waals surface area contributed by atoms with Gasteiger partial charge >= 0.3 is 11.9 Å². The monoisotopic (exact) mass is 972 g/mol. The number of carboxylic acid groups (broad SMARTS) is 2. The summed E-state index contributed by atoms with van der Waals surface area (Å²) < 4.78 is 36.1. The number of carboxylic acids is 2. The van der Waals surface area contributed by atoms with Crippen LogP contribution in [-0.4, -0.2) is 191 Å². The van der Waals surface area contributed by atoms with Crippen molar-refractivity contribution in [3.63, 3.8) is 0 Å². The normalized spacial score (nSPS) is 56.0. The van der Waals surface area contributed by atoms with Gasteiger partial charge in [-0.1, -0.05) is 46.3 Å². The summed E-state index contributed by atoms with van der Waals surface area (Å²) in [5.74, 6) is -2.69. The molecule has 26 unspecified atom stereocenters. The molecule has 68 heavy (non-hydrogen) atoms. The average Bonchev–Trinajstić information content (AvgIpc) is 3.28. The fourth-order valence-electron chi connectivity index (χ4n) is 15.0. The maximum absolute atomic E-state index is 12.6. The Hall–Kier alpha value is -1.96. The Morgan fingerprint density at radius 2 is 1.29 bits per heavy atom. The molecule has 0 spiro atoms. The number of fused-ring (bicyclic) bond motifs is 7. The van der Waals surface area contributed by atoms with Crippen LogP contribution in [0.3, 0.4) is 0 Å². The maximum atomic E-state index is 12.6. The molecule has 3 heterocycles. The molecule has 3 aliphatic heterocycles. The molecule has 0 bridgehead atoms. The van der Waals surface area contributed by atoms with E-state index < -0.39 is 150 Å². The zero-order valence-corrected chi connectivity index (χ0v) is 40.0. The van der Waals surface area contributed by atoms with E-state index in [1.807, 2.05) is 13.8 Å². The molecule has 0 amide bonds. The minimum absolute atomic E-state index is 0.0661. The number of hydrogen-bond donors (Lipinski definition) is 12. The Bertz CT molecular complexity index is 1920. The Labute approximate surface area is 396 Å². The van der Waals surface area contributed by atoms with Crippen molar-refractivity contribution in [2.75, 3.05) is 13.2 Å². The van der Waals surface area contributed by atoms with Gasteiger partial charge in [0.05, 0.1) is 36.9 Å². The van der Waals surface area contributed by atoms with Gasteiger partial charge in [0.1, 0.15) is 61.0 Å². The second-order valence-corrected chi connectivity index (χ2v) is 23.3. The summed E-state index contributed by atoms with van der Waals surface area (Å²) in [5.41, 5.74) is -2.35. The molecule has 4 saturated carbocycles. The number of aliphatic hydroxyl groups excluding tert-OH is 10. The first-order valence-electron chi connectivity index (χ1n) is 24.4. The fourth-order valence-corrected chi connectivity index (χ4v) is 15.0. The van der Waals surface area contributed by atoms with Crippen LogP contribution in [0.2, 0.25) is 0 Å². The van der Waals surface area contributed by atoms with Gasteiger partial charge in [-0.3, -0.25) is 4.79 Å². The van der Waals surface area contributed by atoms with Gasteiger partial charge in [-0.15, -0.1) is 0 Å². The van der Waals surface area contributed by atoms with Crippen molar-refractivity contribution in [3.8, 4) is 0 Å². The van der Waals surface area contributed by atoms with Crippen molar-refractivity contribution in [3.05, 3.63) is 11.6 Å². The molecule has 20 nitrogen and oxygen atoms in total. The molecule has 8 aliphatic rings. The van der Waals surface area contributed by atoms with Gasteiger partial charge in [-0.05, 0) is 106 Å². The number of rotatable bonds is 10. The predicted molar refractivity (Wildman–Crippen MR) is 233 cm³/mol. The Morgan fingerprint density at radius 3 is 1.91 bits per heavy atom. The molecular weight excluding hydrogens is 897 g/mol. The van der Waals surface area contributed by atoms with E-state index in [4.69, 9.17) is 28.4 Å². The van der Waals surface area contributed by atoms with E-state index in [0.717, 1.165) is 0 Å². The second-order valence-electron chi connectivity index (χ2n) is 23.3. The molecule has 0 aromatic carbocycles. The van der Waals surface area contributed by atoms with Gasteiger partial charge in [-0.2, -0.15) is 0 Å². The first-order chi connectivity index (χ1) is 31.7. The SMILES string of the molecule is CC1OC(OC2C(OC3C(OC4CCC5(C)C(CCC6(C)C5CC=C5C7CC(C)(C(=O)O)CCC7(C)C(O)CC56C)C4(C)CO)OC(C(=O)O)C(O)C3O)OC(CO)C(O)C2O)C(O)C(O)C1O. The third-order valence-corrected chi connectivity index (χ3v) is 19.8. The lowest BCUT2D eigenvalue weighted by Crippen LogP contribution is -2.68. The molecular formula is C48H76O20. The average molecular weight is 973 g/mol. The third kappa shape index (κ3) is 7.85. The summed E-state index contributed by atoms with van der Waals surface area (Å²) in [4.78, 5) is 25.1. The molecule has 3 saturated heterocycles. The third-order valence-electron chi connectivity index (χ3n) is 19.8. The van der Waals surface area contributed by atoms with Crippen LogP contribution < -0.4 is 0 Å². The molecule has 7 fully saturated rings. The molecule has 20 heteroatoms. The van der Waals surface area contributed by atoms with Crippen LogP contribution in [0, 0.1) is 50.2 Å². The predicted octanol–water partition coefficient (Wildman–Crippen LogP) is -0.231. The van der Waals surface area contributed by atoms with Gasteiger partial charge in [0.25, 0.3) is 0 Å². The lowest BCUT2D eigenvalue weighted by atomic mass is 9.33. The summed E-state index contributed by atoms with van der Waals surface area (Å²) in [6.07, 6.45) is -20.9. The topological polar surface area (TPSA) is 332 Å². The number of carbonyl (C=O) groups is 2. The molecule has 0 aromatic rings. The number of aliphatic hydroxyl groups is 10. The zero-order valence-electron chi connectivity index (χ0n) is 40.0. The lowest BCUT2D eigenvalue weighted by molar-refractivity contribution is -0.396. The number of aliphatic carboxylic acids is 2. The van der Waals surface area contributed by atoms with E-state index in [9.17, 15) is 70.9 Å². The van der Waals surface area contributed by atoms with Crippen molar-refractivity contribution >= 4 is 11.9 Å². The smallest absolute Gasteiger partial charge is 0.335 e. The van der Waals surface area contributed by atoms with Gasteiger partial charge in [-0.25, -0.2) is 4.79 Å². The zero-order chi connectivity index (χ0) is 50.0. The highest BCUT2D eigenvalue weighted by Gasteiger charge is 2.71. The molecule has 26 atom stereocenters. The van der Waals surface area contributed by atoms with E-state index >= 15 is 0 Å². The number of hydrogen-bond acceptors (Lipinski definition) is 18. The Balaban J connectivity index is 1.08. The standard InChI is InChI=1S/C48H76O20/c1-20-28(52)30(54)34(58)39(63-20)67-36-31(55)29(53)23(18-49)64-40(36)68-37-33(57)32(56)35(38(59)60)66-41(37)65-27-11-12-45(4)24(46(27,5)19-50)10-13-47(6)25(45)9-8-21-22-16-43(2,42(61)62)14-15-44(22,3)26(51)17-48(21,47)7/h8,20,22-37,39-41,49-58H,9-19H2,1-7H3,(H,59,60)(H,61,62). The minimum atomic E-state index is -2.10. The number of allylic oxidation sites excluding steroid dienone is 2. The largest absolute Gasteiger partial charge is 0.481 e. The fraction of sp³-hybridized carbons (Fsp3) is 0.917. The van der Waals surface area contributed by atoms with E-state index in [2.05, 4.69) is 33.8 Å². The summed E-state index contributed by atoms with van der Waals surface area (Å²) in [6.45, 7) is 12.8. The first-order valence-corrected chi connectivity index (χ1v) is 24.4. The quantitative estimate of drug-likeness (QED) is 0.0994. The van der Waals surface area contributed by atoms with E-state index in [1.54, 1.807) is 0 Å².